The maximum atomic E-state index is 13.6. The molecule has 2 aromatic heterocycles. The molecular formula is C18H23F3N4O3S. The lowest BCUT2D eigenvalue weighted by molar-refractivity contribution is -0.136. The van der Waals surface area contributed by atoms with Crippen molar-refractivity contribution in [1.29, 1.82) is 0 Å². The molecule has 29 heavy (non-hydrogen) atoms. The van der Waals surface area contributed by atoms with Crippen LogP contribution in [0.3, 0.4) is 0 Å². The minimum atomic E-state index is -4.55. The van der Waals surface area contributed by atoms with Crippen molar-refractivity contribution in [2.24, 2.45) is 0 Å². The number of pyridine rings is 1. The number of aromatic nitrogens is 2. The summed E-state index contributed by atoms with van der Waals surface area (Å²) in [5.41, 5.74) is -0.514. The van der Waals surface area contributed by atoms with Crippen molar-refractivity contribution in [3.63, 3.8) is 0 Å². The molecule has 0 unspecified atom stereocenters. The normalized spacial score (nSPS) is 21.1. The van der Waals surface area contributed by atoms with E-state index in [1.54, 1.807) is 0 Å². The predicted octanol–water partition coefficient (Wildman–Crippen LogP) is 3.46. The highest BCUT2D eigenvalue weighted by molar-refractivity contribution is 7.86. The van der Waals surface area contributed by atoms with E-state index in [0.717, 1.165) is 25.3 Å². The first kappa shape index (κ1) is 20.5. The minimum absolute atomic E-state index is 0.111. The largest absolute Gasteiger partial charge is 0.417 e. The van der Waals surface area contributed by atoms with Gasteiger partial charge in [-0.25, -0.2) is 4.98 Å². The van der Waals surface area contributed by atoms with E-state index >= 15 is 0 Å². The zero-order valence-electron chi connectivity index (χ0n) is 16.1. The predicted molar refractivity (Wildman–Crippen MR) is 99.4 cm³/mol. The zero-order chi connectivity index (χ0) is 20.8. The highest BCUT2D eigenvalue weighted by atomic mass is 32.2. The van der Waals surface area contributed by atoms with Crippen molar-refractivity contribution in [3.8, 4) is 0 Å². The van der Waals surface area contributed by atoms with Crippen molar-refractivity contribution in [2.75, 3.05) is 26.2 Å². The van der Waals surface area contributed by atoms with Crippen LogP contribution in [-0.2, 0) is 16.4 Å². The fraction of sp³-hybridized carbons (Fsp3) is 0.667. The number of aryl methyl sites for hydroxylation is 1. The van der Waals surface area contributed by atoms with Crippen LogP contribution in [0.25, 0.3) is 11.1 Å². The van der Waals surface area contributed by atoms with Gasteiger partial charge < -0.3 is 4.52 Å². The Morgan fingerprint density at radius 3 is 2.31 bits per heavy atom. The van der Waals surface area contributed by atoms with Gasteiger partial charge in [-0.3, -0.25) is 0 Å². The Balaban J connectivity index is 1.57. The summed E-state index contributed by atoms with van der Waals surface area (Å²) >= 11 is 0. The number of nitrogens with zero attached hydrogens (tertiary/aromatic N) is 4. The summed E-state index contributed by atoms with van der Waals surface area (Å²) in [6.45, 7) is 3.02. The van der Waals surface area contributed by atoms with E-state index in [1.165, 1.54) is 15.5 Å². The van der Waals surface area contributed by atoms with Gasteiger partial charge in [0.05, 0.1) is 16.6 Å². The smallest absolute Gasteiger partial charge is 0.336 e. The Labute approximate surface area is 167 Å². The van der Waals surface area contributed by atoms with Gasteiger partial charge in [0, 0.05) is 37.8 Å². The second-order valence-corrected chi connectivity index (χ2v) is 9.63. The fourth-order valence-corrected chi connectivity index (χ4v) is 5.94. The van der Waals surface area contributed by atoms with Gasteiger partial charge in [-0.1, -0.05) is 11.6 Å². The summed E-state index contributed by atoms with van der Waals surface area (Å²) < 4.78 is 74.4. The van der Waals surface area contributed by atoms with Crippen molar-refractivity contribution in [1.82, 2.24) is 18.8 Å². The average molecular weight is 432 g/mol. The molecule has 2 aliphatic rings. The van der Waals surface area contributed by atoms with E-state index in [-0.39, 0.29) is 41.5 Å². The first-order chi connectivity index (χ1) is 13.7. The molecule has 2 aliphatic heterocycles. The Bertz CT molecular complexity index is 992. The quantitative estimate of drug-likeness (QED) is 0.742. The summed E-state index contributed by atoms with van der Waals surface area (Å²) in [5.74, 6) is -0.310. The number of hydrogen-bond donors (Lipinski definition) is 0. The summed E-state index contributed by atoms with van der Waals surface area (Å²) in [5, 5.41) is 3.78. The molecule has 4 heterocycles. The van der Waals surface area contributed by atoms with E-state index in [0.29, 0.717) is 25.9 Å². The molecule has 0 bridgehead atoms. The number of halogens is 3. The maximum absolute atomic E-state index is 13.6. The van der Waals surface area contributed by atoms with Crippen LogP contribution in [0.1, 0.15) is 55.0 Å². The number of alkyl halides is 3. The lowest BCUT2D eigenvalue weighted by Gasteiger charge is -2.35. The van der Waals surface area contributed by atoms with E-state index < -0.39 is 21.9 Å². The fourth-order valence-electron chi connectivity index (χ4n) is 4.22. The molecule has 0 radical (unpaired) electrons. The molecule has 0 aliphatic carbocycles. The molecule has 0 aromatic carbocycles. The van der Waals surface area contributed by atoms with Crippen LogP contribution in [0, 0.1) is 6.92 Å². The molecule has 2 saturated heterocycles. The molecule has 160 valence electrons. The maximum Gasteiger partial charge on any atom is 0.417 e. The number of piperidine rings is 2. The Morgan fingerprint density at radius 1 is 1.07 bits per heavy atom. The van der Waals surface area contributed by atoms with Gasteiger partial charge in [0.2, 0.25) is 0 Å². The standard InChI is InChI=1S/C18H23F3N4O3S/c1-12-11-14(18(19,20)21)15-16(23-28-17(15)22-12)13-5-9-25(10-6-13)29(26,27)24-7-3-2-4-8-24/h11,13H,2-10H2,1H3. The Hall–Kier alpha value is -1.72. The third kappa shape index (κ3) is 3.87. The molecule has 0 N–H and O–H groups in total. The van der Waals surface area contributed by atoms with Crippen molar-refractivity contribution >= 4 is 21.3 Å². The van der Waals surface area contributed by atoms with E-state index in [2.05, 4.69) is 10.1 Å². The Kier molecular flexibility index (Phi) is 5.32. The highest BCUT2D eigenvalue weighted by Crippen LogP contribution is 2.40. The van der Waals surface area contributed by atoms with Gasteiger partial charge in [-0.2, -0.15) is 30.2 Å². The van der Waals surface area contributed by atoms with Gasteiger partial charge in [0.25, 0.3) is 15.9 Å². The van der Waals surface area contributed by atoms with Gasteiger partial charge in [-0.05, 0) is 38.7 Å². The molecule has 2 fully saturated rings. The summed E-state index contributed by atoms with van der Waals surface area (Å²) in [6, 6.07) is 0.999. The first-order valence-electron chi connectivity index (χ1n) is 9.77. The second-order valence-electron chi connectivity index (χ2n) is 7.70. The lowest BCUT2D eigenvalue weighted by Crippen LogP contribution is -2.48. The number of hydrogen-bond acceptors (Lipinski definition) is 5. The van der Waals surface area contributed by atoms with Crippen LogP contribution in [-0.4, -0.2) is 53.3 Å². The third-order valence-corrected chi connectivity index (χ3v) is 7.75. The molecule has 0 spiro atoms. The zero-order valence-corrected chi connectivity index (χ0v) is 16.9. The van der Waals surface area contributed by atoms with Crippen molar-refractivity contribution in [3.05, 3.63) is 23.0 Å². The third-order valence-electron chi connectivity index (χ3n) is 5.71. The van der Waals surface area contributed by atoms with Gasteiger partial charge in [0.15, 0.2) is 0 Å². The molecule has 11 heteroatoms. The SMILES string of the molecule is Cc1cc(C(F)(F)F)c2c(C3CCN(S(=O)(=O)N4CCCCC4)CC3)noc2n1. The van der Waals surface area contributed by atoms with Crippen LogP contribution < -0.4 is 0 Å². The molecular weight excluding hydrogens is 409 g/mol. The molecule has 0 saturated carbocycles. The van der Waals surface area contributed by atoms with Crippen molar-refractivity contribution < 1.29 is 26.1 Å². The van der Waals surface area contributed by atoms with Gasteiger partial charge in [0.1, 0.15) is 0 Å². The van der Waals surface area contributed by atoms with Crippen LogP contribution in [0.2, 0.25) is 0 Å². The van der Waals surface area contributed by atoms with Crippen LogP contribution in [0.5, 0.6) is 0 Å². The number of rotatable bonds is 3. The molecule has 0 amide bonds. The Morgan fingerprint density at radius 2 is 1.69 bits per heavy atom. The van der Waals surface area contributed by atoms with Gasteiger partial charge >= 0.3 is 6.18 Å². The van der Waals surface area contributed by atoms with Crippen molar-refractivity contribution in [2.45, 2.75) is 51.1 Å². The van der Waals surface area contributed by atoms with E-state index in [9.17, 15) is 21.6 Å². The van der Waals surface area contributed by atoms with E-state index in [4.69, 9.17) is 4.52 Å². The monoisotopic (exact) mass is 432 g/mol. The average Bonchev–Trinajstić information content (AvgIpc) is 3.11. The van der Waals surface area contributed by atoms with Crippen LogP contribution >= 0.6 is 0 Å². The lowest BCUT2D eigenvalue weighted by atomic mass is 9.91. The second kappa shape index (κ2) is 7.51. The molecule has 4 rings (SSSR count). The molecule has 2 aromatic rings. The minimum Gasteiger partial charge on any atom is -0.336 e. The first-order valence-corrected chi connectivity index (χ1v) is 11.2. The molecule has 0 atom stereocenters. The van der Waals surface area contributed by atoms with Gasteiger partial charge in [-0.15, -0.1) is 0 Å². The summed E-state index contributed by atoms with van der Waals surface area (Å²) in [6.07, 6.45) is -1.03. The topological polar surface area (TPSA) is 79.5 Å². The van der Waals surface area contributed by atoms with E-state index in [1.807, 2.05) is 0 Å². The molecule has 7 nitrogen and oxygen atoms in total. The van der Waals surface area contributed by atoms with Crippen LogP contribution in [0.15, 0.2) is 10.6 Å². The summed E-state index contributed by atoms with van der Waals surface area (Å²) in [4.78, 5) is 4.04. The van der Waals surface area contributed by atoms with Crippen LogP contribution in [0.4, 0.5) is 13.2 Å². The highest BCUT2D eigenvalue weighted by Gasteiger charge is 2.39. The summed E-state index contributed by atoms with van der Waals surface area (Å²) in [7, 11) is -3.53. The number of fused-ring (bicyclic) bond motifs is 1.